The van der Waals surface area contributed by atoms with E-state index in [2.05, 4.69) is 22.2 Å². The first-order chi connectivity index (χ1) is 27.3. The third kappa shape index (κ3) is 13.0. The molecule has 0 radical (unpaired) electrons. The molecule has 58 heavy (non-hydrogen) atoms. The fourth-order valence-electron chi connectivity index (χ4n) is 7.46. The summed E-state index contributed by atoms with van der Waals surface area (Å²) in [5, 5.41) is 57.8. The van der Waals surface area contributed by atoms with Crippen LogP contribution >= 0.6 is 0 Å². The number of aliphatic carboxylic acids is 1. The molecule has 3 aliphatic heterocycles. The molecule has 19 heteroatoms. The number of ether oxygens (including phenoxy) is 6. The quantitative estimate of drug-likeness (QED) is 0.0179. The molecule has 0 aromatic carbocycles. The summed E-state index contributed by atoms with van der Waals surface area (Å²) in [7, 11) is 2.89. The van der Waals surface area contributed by atoms with Gasteiger partial charge in [-0.15, -0.1) is 0 Å². The molecule has 330 valence electrons. The third-order valence-corrected chi connectivity index (χ3v) is 11.2. The summed E-state index contributed by atoms with van der Waals surface area (Å²) >= 11 is 0. The number of nitrogens with one attached hydrogen (secondary N) is 2. The number of carbonyl (C=O) groups is 3. The van der Waals surface area contributed by atoms with E-state index in [0.29, 0.717) is 12.8 Å². The Morgan fingerprint density at radius 2 is 1.74 bits per heavy atom. The predicted molar refractivity (Wildman–Crippen MR) is 209 cm³/mol. The van der Waals surface area contributed by atoms with Crippen molar-refractivity contribution in [2.45, 2.75) is 146 Å². The fraction of sp³-hybridized carbons (Fsp3) is 0.744. The zero-order valence-corrected chi connectivity index (χ0v) is 34.3. The number of carbonyl (C=O) groups excluding carboxylic acids is 2. The molecule has 0 aromatic heterocycles. The van der Waals surface area contributed by atoms with Crippen molar-refractivity contribution in [1.29, 1.82) is 0 Å². The Kier molecular flexibility index (Phi) is 18.7. The number of nitrogens with zero attached hydrogens (tertiary/aromatic N) is 1. The highest BCUT2D eigenvalue weighted by Crippen LogP contribution is 2.44. The van der Waals surface area contributed by atoms with Crippen molar-refractivity contribution in [2.75, 3.05) is 27.6 Å². The van der Waals surface area contributed by atoms with Gasteiger partial charge in [0.2, 0.25) is 11.7 Å². The normalized spacial score (nSPS) is 31.1. The number of nitrogens with two attached hydrogens (primary N) is 2. The van der Waals surface area contributed by atoms with Crippen LogP contribution in [-0.2, 0) is 42.8 Å². The van der Waals surface area contributed by atoms with E-state index >= 15 is 0 Å². The monoisotopic (exact) mass is 827 g/mol. The van der Waals surface area contributed by atoms with Crippen molar-refractivity contribution in [2.24, 2.45) is 27.8 Å². The van der Waals surface area contributed by atoms with Crippen LogP contribution in [-0.4, -0.2) is 150 Å². The number of aliphatic hydroxyl groups excluding tert-OH is 4. The van der Waals surface area contributed by atoms with Gasteiger partial charge in [-0.05, 0) is 39.0 Å². The van der Waals surface area contributed by atoms with Crippen molar-refractivity contribution in [3.8, 4) is 0 Å². The van der Waals surface area contributed by atoms with Crippen LogP contribution < -0.4 is 22.1 Å². The van der Waals surface area contributed by atoms with Crippen molar-refractivity contribution < 1.29 is 68.3 Å². The maximum absolute atomic E-state index is 13.5. The molecule has 3 heterocycles. The molecule has 0 saturated carbocycles. The first kappa shape index (κ1) is 48.9. The van der Waals surface area contributed by atoms with Crippen LogP contribution in [0.2, 0.25) is 0 Å². The number of carboxylic acid groups (broad SMARTS) is 1. The van der Waals surface area contributed by atoms with E-state index in [1.165, 1.54) is 32.4 Å². The summed E-state index contributed by atoms with van der Waals surface area (Å²) in [6, 6.07) is -1.15. The Bertz CT molecular complexity index is 1470. The van der Waals surface area contributed by atoms with Gasteiger partial charge in [-0.3, -0.25) is 14.6 Å². The predicted octanol–water partition coefficient (Wildman–Crippen LogP) is -0.307. The van der Waals surface area contributed by atoms with Crippen LogP contribution in [0.25, 0.3) is 0 Å². The third-order valence-electron chi connectivity index (χ3n) is 11.2. The highest BCUT2D eigenvalue weighted by Gasteiger charge is 2.57. The van der Waals surface area contributed by atoms with Gasteiger partial charge in [0.05, 0.1) is 36.6 Å². The minimum absolute atomic E-state index is 0.00449. The number of rotatable bonds is 21. The van der Waals surface area contributed by atoms with E-state index < -0.39 is 90.1 Å². The van der Waals surface area contributed by atoms with Crippen LogP contribution in [0.3, 0.4) is 0 Å². The number of hydrogen-bond donors (Lipinski definition) is 9. The second kappa shape index (κ2) is 22.2. The van der Waals surface area contributed by atoms with Crippen LogP contribution in [0.1, 0.15) is 72.6 Å². The van der Waals surface area contributed by atoms with Gasteiger partial charge >= 0.3 is 5.97 Å². The second-order valence-electron chi connectivity index (χ2n) is 15.7. The molecule has 19 nitrogen and oxygen atoms in total. The molecule has 11 N–H and O–H groups in total. The topological polar surface area (TPSA) is 296 Å². The Labute approximate surface area is 339 Å². The van der Waals surface area contributed by atoms with Gasteiger partial charge in [-0.2, -0.15) is 0 Å². The largest absolute Gasteiger partial charge is 0.480 e. The molecule has 0 bridgehead atoms. The van der Waals surface area contributed by atoms with Gasteiger partial charge in [0, 0.05) is 51.0 Å². The molecule has 3 saturated heterocycles. The molecule has 3 rings (SSSR count). The maximum Gasteiger partial charge on any atom is 0.326 e. The summed E-state index contributed by atoms with van der Waals surface area (Å²) in [4.78, 5) is 41.0. The molecule has 0 aromatic rings. The zero-order valence-electron chi connectivity index (χ0n) is 34.3. The standard InChI is InChI=1S/C39H65N5O14/c1-21-19-39(54-7,58-23(3)22(21)2)32(49)34(50)44-35-31-30(55-20-56-35)33(53-6)38(4,5)28(57-31)18-24(45)12-10-15-27(47)26(46)14-8-9-16-29(48)43-25(36(51)52)13-11-17-42-37(40)41/h8-9,14,16,22-28,30-33,35,45-47,49H,1,10-13,15,17-20H2,2-7H3,(H,43,48)(H,44,50)(H,51,52)(H4,40,41,42)/b14-8+,16-9+/t22-,23-,24-,25+,26-,27+,28-,30+,31+,32-,33-,35+,39-/m1/s1. The summed E-state index contributed by atoms with van der Waals surface area (Å²) in [5.74, 6) is -4.46. The van der Waals surface area contributed by atoms with Crippen LogP contribution in [0, 0.1) is 11.3 Å². The molecule has 0 unspecified atom stereocenters. The number of methoxy groups -OCH3 is 2. The lowest BCUT2D eigenvalue weighted by Gasteiger charge is -2.54. The lowest BCUT2D eigenvalue weighted by atomic mass is 9.72. The Hall–Kier alpha value is -3.50. The first-order valence-electron chi connectivity index (χ1n) is 19.6. The SMILES string of the molecule is C=C1C[C@](OC)([C@H](O)C(=O)N[C@H]2OCO[C@H]3[C@@H]2O[C@H](C[C@H](O)CCC[C@H](O)[C@H](O)/C=C/C=C/C(=O)N[C@@H](CCCN=C(N)N)C(=O)O)C(C)(C)[C@@H]3OC)O[C@H](C)[C@@H]1C. The van der Waals surface area contributed by atoms with Crippen LogP contribution in [0.15, 0.2) is 41.4 Å². The molecule has 3 fully saturated rings. The minimum atomic E-state index is -1.74. The molecule has 3 aliphatic rings. The highest BCUT2D eigenvalue weighted by molar-refractivity contribution is 5.91. The average Bonchev–Trinajstić information content (AvgIpc) is 3.16. The maximum atomic E-state index is 13.5. The summed E-state index contributed by atoms with van der Waals surface area (Å²) in [5.41, 5.74) is 10.6. The number of hydrogen-bond acceptors (Lipinski definition) is 14. The number of aliphatic imine (C=N–C) groups is 1. The van der Waals surface area contributed by atoms with Gasteiger partial charge in [0.1, 0.15) is 25.0 Å². The summed E-state index contributed by atoms with van der Waals surface area (Å²) in [6.45, 7) is 11.7. The van der Waals surface area contributed by atoms with Crippen LogP contribution in [0.5, 0.6) is 0 Å². The number of allylic oxidation sites excluding steroid dienone is 2. The van der Waals surface area contributed by atoms with Crippen molar-refractivity contribution in [3.05, 3.63) is 36.5 Å². The van der Waals surface area contributed by atoms with Crippen LogP contribution in [0.4, 0.5) is 0 Å². The van der Waals surface area contributed by atoms with Crippen molar-refractivity contribution in [1.82, 2.24) is 10.6 Å². The van der Waals surface area contributed by atoms with E-state index in [9.17, 15) is 39.9 Å². The van der Waals surface area contributed by atoms with E-state index in [1.807, 2.05) is 27.7 Å². The van der Waals surface area contributed by atoms with Gasteiger partial charge in [0.15, 0.2) is 18.3 Å². The lowest BCUT2D eigenvalue weighted by Crippen LogP contribution is -2.69. The molecule has 2 amide bonds. The number of fused-ring (bicyclic) bond motifs is 1. The van der Waals surface area contributed by atoms with E-state index in [1.54, 1.807) is 0 Å². The Morgan fingerprint density at radius 3 is 2.36 bits per heavy atom. The molecular weight excluding hydrogens is 762 g/mol. The fourth-order valence-corrected chi connectivity index (χ4v) is 7.46. The summed E-state index contributed by atoms with van der Waals surface area (Å²) < 4.78 is 35.7. The van der Waals surface area contributed by atoms with E-state index in [0.717, 1.165) is 11.6 Å². The van der Waals surface area contributed by atoms with Gasteiger partial charge in [-0.1, -0.05) is 51.2 Å². The number of guanidine groups is 1. The van der Waals surface area contributed by atoms with Gasteiger partial charge in [0.25, 0.3) is 5.91 Å². The van der Waals surface area contributed by atoms with Crippen molar-refractivity contribution >= 4 is 23.7 Å². The average molecular weight is 828 g/mol. The van der Waals surface area contributed by atoms with Crippen molar-refractivity contribution in [3.63, 3.8) is 0 Å². The molecule has 13 atom stereocenters. The lowest BCUT2D eigenvalue weighted by molar-refractivity contribution is -0.332. The Balaban J connectivity index is 1.53. The van der Waals surface area contributed by atoms with Gasteiger partial charge in [-0.25, -0.2) is 4.79 Å². The number of carboxylic acids is 1. The highest BCUT2D eigenvalue weighted by atomic mass is 16.7. The minimum Gasteiger partial charge on any atom is -0.480 e. The van der Waals surface area contributed by atoms with E-state index in [-0.39, 0.29) is 63.4 Å². The van der Waals surface area contributed by atoms with Gasteiger partial charge < -0.3 is 76.1 Å². The molecular formula is C39H65N5O14. The number of amides is 2. The Morgan fingerprint density at radius 1 is 1.03 bits per heavy atom. The summed E-state index contributed by atoms with van der Waals surface area (Å²) in [6.07, 6.45) is -2.74. The molecule has 0 aliphatic carbocycles. The van der Waals surface area contributed by atoms with E-state index in [4.69, 9.17) is 39.9 Å². The zero-order chi connectivity index (χ0) is 43.4. The molecule has 0 spiro atoms. The smallest absolute Gasteiger partial charge is 0.326 e. The number of aliphatic hydroxyl groups is 4. The second-order valence-corrected chi connectivity index (χ2v) is 15.7. The first-order valence-corrected chi connectivity index (χ1v) is 19.6.